The Morgan fingerprint density at radius 1 is 1.10 bits per heavy atom. The lowest BCUT2D eigenvalue weighted by Crippen LogP contribution is -2.29. The fraction of sp³-hybridized carbons (Fsp3) is 0.174. The molecule has 1 amide bonds. The van der Waals surface area contributed by atoms with Crippen LogP contribution in [0, 0.1) is 12.7 Å². The van der Waals surface area contributed by atoms with Gasteiger partial charge in [0.25, 0.3) is 15.9 Å². The van der Waals surface area contributed by atoms with Crippen molar-refractivity contribution in [2.75, 3.05) is 23.3 Å². The molecule has 0 saturated heterocycles. The van der Waals surface area contributed by atoms with E-state index in [9.17, 15) is 17.6 Å². The van der Waals surface area contributed by atoms with Crippen LogP contribution in [0.1, 0.15) is 21.5 Å². The third kappa shape index (κ3) is 3.86. The monoisotopic (exact) mass is 440 g/mol. The first-order chi connectivity index (χ1) is 14.8. The zero-order valence-electron chi connectivity index (χ0n) is 17.1. The number of hydrogen-bond donors (Lipinski definition) is 1. The average Bonchev–Trinajstić information content (AvgIpc) is 3.21. The van der Waals surface area contributed by atoms with Crippen molar-refractivity contribution in [1.82, 2.24) is 0 Å². The molecule has 1 aliphatic rings. The highest BCUT2D eigenvalue weighted by Crippen LogP contribution is 2.34. The van der Waals surface area contributed by atoms with Gasteiger partial charge < -0.3 is 10.1 Å². The Labute approximate surface area is 180 Å². The van der Waals surface area contributed by atoms with Crippen LogP contribution in [-0.4, -0.2) is 28.0 Å². The van der Waals surface area contributed by atoms with Crippen LogP contribution in [0.3, 0.4) is 0 Å². The minimum atomic E-state index is -3.90. The van der Waals surface area contributed by atoms with Gasteiger partial charge in [0.1, 0.15) is 11.6 Å². The van der Waals surface area contributed by atoms with Crippen LogP contribution in [0.5, 0.6) is 5.75 Å². The number of nitrogens with one attached hydrogen (secondary N) is 1. The molecule has 160 valence electrons. The molecule has 31 heavy (non-hydrogen) atoms. The number of halogens is 1. The van der Waals surface area contributed by atoms with E-state index in [2.05, 4.69) is 5.32 Å². The maximum Gasteiger partial charge on any atom is 0.264 e. The van der Waals surface area contributed by atoms with Crippen molar-refractivity contribution in [2.45, 2.75) is 18.2 Å². The van der Waals surface area contributed by atoms with E-state index >= 15 is 0 Å². The Balaban J connectivity index is 1.71. The number of methoxy groups -OCH3 is 1. The number of carbonyl (C=O) groups is 1. The second-order valence-electron chi connectivity index (χ2n) is 7.26. The standard InChI is InChI=1S/C23H21FN2O4S/c1-15-7-9-19(24)20(13-15)25-23(27)18-14-17(8-10-22(18)30-2)31(28,29)26-12-11-16-5-3-4-6-21(16)26/h3-10,13-14H,11-12H2,1-2H3,(H,25,27). The van der Waals surface area contributed by atoms with Gasteiger partial charge in [0.15, 0.2) is 0 Å². The third-order valence-corrected chi connectivity index (χ3v) is 7.03. The number of carbonyl (C=O) groups excluding carboxylic acids is 1. The molecule has 3 aromatic rings. The minimum Gasteiger partial charge on any atom is -0.496 e. The van der Waals surface area contributed by atoms with E-state index in [-0.39, 0.29) is 21.9 Å². The number of fused-ring (bicyclic) bond motifs is 1. The molecule has 0 bridgehead atoms. The summed E-state index contributed by atoms with van der Waals surface area (Å²) >= 11 is 0. The van der Waals surface area contributed by atoms with E-state index in [1.54, 1.807) is 25.1 Å². The van der Waals surface area contributed by atoms with E-state index < -0.39 is 21.7 Å². The first-order valence-electron chi connectivity index (χ1n) is 9.67. The molecular formula is C23H21FN2O4S. The number of benzene rings is 3. The average molecular weight is 440 g/mol. The summed E-state index contributed by atoms with van der Waals surface area (Å²) in [7, 11) is -2.52. The van der Waals surface area contributed by atoms with Gasteiger partial charge in [-0.25, -0.2) is 12.8 Å². The lowest BCUT2D eigenvalue weighted by Gasteiger charge is -2.20. The Hall–Kier alpha value is -3.39. The van der Waals surface area contributed by atoms with E-state index in [0.717, 1.165) is 11.1 Å². The second kappa shape index (κ2) is 8.03. The van der Waals surface area contributed by atoms with Crippen molar-refractivity contribution >= 4 is 27.3 Å². The van der Waals surface area contributed by atoms with Gasteiger partial charge >= 0.3 is 0 Å². The van der Waals surface area contributed by atoms with Crippen molar-refractivity contribution in [3.8, 4) is 5.75 Å². The fourth-order valence-electron chi connectivity index (χ4n) is 3.63. The maximum atomic E-state index is 14.1. The van der Waals surface area contributed by atoms with E-state index in [0.29, 0.717) is 18.7 Å². The minimum absolute atomic E-state index is 0.00281. The van der Waals surface area contributed by atoms with Crippen LogP contribution in [0.4, 0.5) is 15.8 Å². The highest BCUT2D eigenvalue weighted by molar-refractivity contribution is 7.92. The summed E-state index contributed by atoms with van der Waals surface area (Å²) in [4.78, 5) is 12.8. The van der Waals surface area contributed by atoms with Crippen LogP contribution in [0.2, 0.25) is 0 Å². The van der Waals surface area contributed by atoms with Gasteiger partial charge in [-0.1, -0.05) is 24.3 Å². The van der Waals surface area contributed by atoms with Gasteiger partial charge in [-0.05, 0) is 60.9 Å². The zero-order valence-corrected chi connectivity index (χ0v) is 17.9. The summed E-state index contributed by atoms with van der Waals surface area (Å²) in [6.07, 6.45) is 0.617. The summed E-state index contributed by atoms with van der Waals surface area (Å²) in [5, 5.41) is 2.50. The van der Waals surface area contributed by atoms with Gasteiger partial charge in [-0.15, -0.1) is 0 Å². The quantitative estimate of drug-likeness (QED) is 0.647. The van der Waals surface area contributed by atoms with Crippen LogP contribution in [0.15, 0.2) is 65.6 Å². The molecule has 1 aliphatic heterocycles. The summed E-state index contributed by atoms with van der Waals surface area (Å²) in [5.74, 6) is -1.07. The number of aryl methyl sites for hydroxylation is 1. The summed E-state index contributed by atoms with van der Waals surface area (Å²) in [6, 6.07) is 15.8. The number of nitrogens with zero attached hydrogens (tertiary/aromatic N) is 1. The zero-order chi connectivity index (χ0) is 22.2. The molecule has 1 N–H and O–H groups in total. The van der Waals surface area contributed by atoms with E-state index in [4.69, 9.17) is 4.74 Å². The number of hydrogen-bond acceptors (Lipinski definition) is 4. The third-order valence-electron chi connectivity index (χ3n) is 5.22. The lowest BCUT2D eigenvalue weighted by molar-refractivity contribution is 0.102. The largest absolute Gasteiger partial charge is 0.496 e. The van der Waals surface area contributed by atoms with Gasteiger partial charge in [-0.2, -0.15) is 0 Å². The molecular weight excluding hydrogens is 419 g/mol. The number of para-hydroxylation sites is 1. The molecule has 6 nitrogen and oxygen atoms in total. The van der Waals surface area contributed by atoms with Crippen LogP contribution < -0.4 is 14.4 Å². The Morgan fingerprint density at radius 2 is 1.87 bits per heavy atom. The molecule has 3 aromatic carbocycles. The second-order valence-corrected chi connectivity index (χ2v) is 9.12. The number of ether oxygens (including phenoxy) is 1. The molecule has 8 heteroatoms. The summed E-state index contributed by atoms with van der Waals surface area (Å²) in [5.41, 5.74) is 2.36. The smallest absolute Gasteiger partial charge is 0.264 e. The van der Waals surface area contributed by atoms with Gasteiger partial charge in [-0.3, -0.25) is 9.10 Å². The van der Waals surface area contributed by atoms with Crippen molar-refractivity contribution < 1.29 is 22.3 Å². The van der Waals surface area contributed by atoms with Crippen molar-refractivity contribution in [3.05, 3.63) is 83.2 Å². The molecule has 0 fully saturated rings. The molecule has 0 unspecified atom stereocenters. The Bertz CT molecular complexity index is 1270. The summed E-state index contributed by atoms with van der Waals surface area (Å²) in [6.45, 7) is 2.10. The normalized spacial score (nSPS) is 13.1. The first kappa shape index (κ1) is 20.9. The van der Waals surface area contributed by atoms with Crippen LogP contribution in [-0.2, 0) is 16.4 Å². The molecule has 0 aromatic heterocycles. The molecule has 4 rings (SSSR count). The van der Waals surface area contributed by atoms with Gasteiger partial charge in [0.05, 0.1) is 28.9 Å². The number of sulfonamides is 1. The van der Waals surface area contributed by atoms with Gasteiger partial charge in [0.2, 0.25) is 0 Å². The Kier molecular flexibility index (Phi) is 5.41. The number of amides is 1. The molecule has 0 saturated carbocycles. The topological polar surface area (TPSA) is 75.7 Å². The molecule has 0 spiro atoms. The fourth-order valence-corrected chi connectivity index (χ4v) is 5.16. The number of anilines is 2. The summed E-state index contributed by atoms with van der Waals surface area (Å²) < 4.78 is 47.3. The van der Waals surface area contributed by atoms with Crippen LogP contribution >= 0.6 is 0 Å². The molecule has 1 heterocycles. The predicted molar refractivity (Wildman–Crippen MR) is 117 cm³/mol. The highest BCUT2D eigenvalue weighted by Gasteiger charge is 2.31. The van der Waals surface area contributed by atoms with Gasteiger partial charge in [0, 0.05) is 6.54 Å². The highest BCUT2D eigenvalue weighted by atomic mass is 32.2. The molecule has 0 radical (unpaired) electrons. The lowest BCUT2D eigenvalue weighted by atomic mass is 10.1. The van der Waals surface area contributed by atoms with Crippen molar-refractivity contribution in [2.24, 2.45) is 0 Å². The van der Waals surface area contributed by atoms with Crippen LogP contribution in [0.25, 0.3) is 0 Å². The Morgan fingerprint density at radius 3 is 2.65 bits per heavy atom. The number of rotatable bonds is 5. The van der Waals surface area contributed by atoms with Crippen molar-refractivity contribution in [3.63, 3.8) is 0 Å². The predicted octanol–water partition coefficient (Wildman–Crippen LogP) is 4.15. The van der Waals surface area contributed by atoms with E-state index in [1.165, 1.54) is 41.7 Å². The SMILES string of the molecule is COc1ccc(S(=O)(=O)N2CCc3ccccc32)cc1C(=O)Nc1cc(C)ccc1F. The molecule has 0 aliphatic carbocycles. The first-order valence-corrected chi connectivity index (χ1v) is 11.1. The molecule has 0 atom stereocenters. The van der Waals surface area contributed by atoms with Crippen molar-refractivity contribution in [1.29, 1.82) is 0 Å². The maximum absolute atomic E-state index is 14.1. The van der Waals surface area contributed by atoms with E-state index in [1.807, 2.05) is 12.1 Å².